The lowest BCUT2D eigenvalue weighted by Gasteiger charge is -2.26. The molecular weight excluding hydrogens is 438 g/mol. The number of rotatable bonds is 14. The quantitative estimate of drug-likeness (QED) is 0.150. The number of hydrogen-bond donors (Lipinski definition) is 7. The lowest BCUT2D eigenvalue weighted by atomic mass is 9.98. The average molecular weight is 472 g/mol. The summed E-state index contributed by atoms with van der Waals surface area (Å²) in [6.45, 7) is 3.99. The molecule has 0 saturated carbocycles. The zero-order chi connectivity index (χ0) is 25.1. The third kappa shape index (κ3) is 9.43. The Kier molecular flexibility index (Phi) is 11.3. The molecular formula is C20H33N5O8. The molecule has 13 nitrogen and oxygen atoms in total. The molecule has 0 aromatic heterocycles. The van der Waals surface area contributed by atoms with Gasteiger partial charge in [0.2, 0.25) is 23.6 Å². The Balaban J connectivity index is 2.97. The van der Waals surface area contributed by atoms with Gasteiger partial charge in [-0.05, 0) is 31.7 Å². The van der Waals surface area contributed by atoms with Gasteiger partial charge in [-0.2, -0.15) is 0 Å². The summed E-state index contributed by atoms with van der Waals surface area (Å²) in [5.74, 6) is -6.14. The minimum atomic E-state index is -1.50. The second-order valence-electron chi connectivity index (χ2n) is 8.08. The van der Waals surface area contributed by atoms with E-state index in [1.165, 1.54) is 0 Å². The molecule has 0 bridgehead atoms. The van der Waals surface area contributed by atoms with Gasteiger partial charge in [-0.3, -0.25) is 24.0 Å². The highest BCUT2D eigenvalue weighted by Crippen LogP contribution is 2.10. The van der Waals surface area contributed by atoms with Crippen molar-refractivity contribution in [2.45, 2.75) is 76.5 Å². The molecule has 33 heavy (non-hydrogen) atoms. The van der Waals surface area contributed by atoms with Crippen LogP contribution in [0.4, 0.5) is 0 Å². The van der Waals surface area contributed by atoms with Crippen LogP contribution in [0.25, 0.3) is 0 Å². The summed E-state index contributed by atoms with van der Waals surface area (Å²) in [5, 5.41) is 28.4. The van der Waals surface area contributed by atoms with Gasteiger partial charge in [-0.1, -0.05) is 20.3 Å². The van der Waals surface area contributed by atoms with Crippen LogP contribution >= 0.6 is 0 Å². The van der Waals surface area contributed by atoms with E-state index in [9.17, 15) is 33.9 Å². The van der Waals surface area contributed by atoms with Crippen LogP contribution in [0.5, 0.6) is 0 Å². The SMILES string of the molecule is CCC(C)C(NC(=O)C(CC(N)=O)NC(=O)C(CCC(=O)O)NC(=O)C1CCCN1)C(=O)O. The predicted octanol–water partition coefficient (Wildman–Crippen LogP) is -1.94. The van der Waals surface area contributed by atoms with Gasteiger partial charge in [0, 0.05) is 6.42 Å². The number of carboxylic acid groups (broad SMARTS) is 2. The molecule has 13 heteroatoms. The second kappa shape index (κ2) is 13.4. The Labute approximate surface area is 191 Å². The van der Waals surface area contributed by atoms with E-state index < -0.39 is 78.5 Å². The molecule has 8 N–H and O–H groups in total. The molecule has 1 aliphatic heterocycles. The van der Waals surface area contributed by atoms with Crippen LogP contribution in [-0.4, -0.2) is 76.5 Å². The third-order valence-corrected chi connectivity index (χ3v) is 5.47. The fourth-order valence-electron chi connectivity index (χ4n) is 3.34. The first kappa shape index (κ1) is 27.8. The average Bonchev–Trinajstić information content (AvgIpc) is 3.27. The first-order valence-corrected chi connectivity index (χ1v) is 10.8. The molecule has 0 aliphatic carbocycles. The van der Waals surface area contributed by atoms with Crippen molar-refractivity contribution in [1.82, 2.24) is 21.3 Å². The Bertz CT molecular complexity index is 753. The number of amides is 4. The standard InChI is InChI=1S/C20H33N5O8/c1-3-10(2)16(20(32)33)25-19(31)13(9-14(21)26)24-18(30)12(6-7-15(27)28)23-17(29)11-5-4-8-22-11/h10-13,16,22H,3-9H2,1-2H3,(H2,21,26)(H,23,29)(H,24,30)(H,25,31)(H,27,28)(H,32,33). The zero-order valence-corrected chi connectivity index (χ0v) is 18.8. The number of carbonyl (C=O) groups is 6. The molecule has 1 aliphatic rings. The third-order valence-electron chi connectivity index (χ3n) is 5.47. The summed E-state index contributed by atoms with van der Waals surface area (Å²) in [7, 11) is 0. The predicted molar refractivity (Wildman–Crippen MR) is 115 cm³/mol. The zero-order valence-electron chi connectivity index (χ0n) is 18.8. The summed E-state index contributed by atoms with van der Waals surface area (Å²) < 4.78 is 0. The van der Waals surface area contributed by atoms with Crippen LogP contribution in [-0.2, 0) is 28.8 Å². The molecule has 0 radical (unpaired) electrons. The molecule has 1 fully saturated rings. The van der Waals surface area contributed by atoms with Gasteiger partial charge in [0.05, 0.1) is 12.5 Å². The summed E-state index contributed by atoms with van der Waals surface area (Å²) in [5.41, 5.74) is 5.18. The van der Waals surface area contributed by atoms with Crippen LogP contribution in [0.2, 0.25) is 0 Å². The lowest BCUT2D eigenvalue weighted by Crippen LogP contribution is -2.58. The largest absolute Gasteiger partial charge is 0.481 e. The van der Waals surface area contributed by atoms with E-state index in [1.807, 2.05) is 0 Å². The van der Waals surface area contributed by atoms with Gasteiger partial charge in [0.15, 0.2) is 0 Å². The van der Waals surface area contributed by atoms with Crippen LogP contribution in [0, 0.1) is 5.92 Å². The van der Waals surface area contributed by atoms with Gasteiger partial charge in [-0.25, -0.2) is 4.79 Å². The summed E-state index contributed by atoms with van der Waals surface area (Å²) in [4.78, 5) is 71.9. The molecule has 0 spiro atoms. The first-order valence-electron chi connectivity index (χ1n) is 10.8. The van der Waals surface area contributed by atoms with E-state index in [-0.39, 0.29) is 6.42 Å². The summed E-state index contributed by atoms with van der Waals surface area (Å²) >= 11 is 0. The Morgan fingerprint density at radius 1 is 1.03 bits per heavy atom. The number of nitrogens with two attached hydrogens (primary N) is 1. The number of hydrogen-bond acceptors (Lipinski definition) is 7. The number of carbonyl (C=O) groups excluding carboxylic acids is 4. The molecule has 1 rings (SSSR count). The number of aliphatic carboxylic acids is 2. The van der Waals surface area contributed by atoms with Crippen molar-refractivity contribution >= 4 is 35.6 Å². The molecule has 0 aromatic rings. The molecule has 5 atom stereocenters. The van der Waals surface area contributed by atoms with Gasteiger partial charge in [0.25, 0.3) is 0 Å². The molecule has 5 unspecified atom stereocenters. The lowest BCUT2D eigenvalue weighted by molar-refractivity contribution is -0.144. The van der Waals surface area contributed by atoms with E-state index in [0.29, 0.717) is 19.4 Å². The van der Waals surface area contributed by atoms with E-state index >= 15 is 0 Å². The van der Waals surface area contributed by atoms with Crippen molar-refractivity contribution in [3.8, 4) is 0 Å². The molecule has 1 heterocycles. The Morgan fingerprint density at radius 3 is 2.15 bits per heavy atom. The number of carboxylic acids is 2. The normalized spacial score (nSPS) is 18.9. The van der Waals surface area contributed by atoms with Crippen LogP contribution in [0.1, 0.15) is 52.4 Å². The van der Waals surface area contributed by atoms with Gasteiger partial charge < -0.3 is 37.2 Å². The van der Waals surface area contributed by atoms with E-state index in [1.54, 1.807) is 13.8 Å². The molecule has 186 valence electrons. The van der Waals surface area contributed by atoms with E-state index in [4.69, 9.17) is 10.8 Å². The van der Waals surface area contributed by atoms with Crippen molar-refractivity contribution in [1.29, 1.82) is 0 Å². The minimum Gasteiger partial charge on any atom is -0.481 e. The summed E-state index contributed by atoms with van der Waals surface area (Å²) in [6, 6.07) is -4.58. The Morgan fingerprint density at radius 2 is 1.67 bits per heavy atom. The van der Waals surface area contributed by atoms with Crippen molar-refractivity contribution in [3.63, 3.8) is 0 Å². The van der Waals surface area contributed by atoms with Gasteiger partial charge in [-0.15, -0.1) is 0 Å². The van der Waals surface area contributed by atoms with Crippen LogP contribution < -0.4 is 27.0 Å². The van der Waals surface area contributed by atoms with Crippen LogP contribution in [0.15, 0.2) is 0 Å². The smallest absolute Gasteiger partial charge is 0.326 e. The van der Waals surface area contributed by atoms with E-state index in [0.717, 1.165) is 6.42 Å². The highest BCUT2D eigenvalue weighted by Gasteiger charge is 2.33. The highest BCUT2D eigenvalue weighted by molar-refractivity contribution is 5.96. The summed E-state index contributed by atoms with van der Waals surface area (Å²) in [6.07, 6.45) is 0.466. The van der Waals surface area contributed by atoms with Crippen molar-refractivity contribution < 1.29 is 39.0 Å². The highest BCUT2D eigenvalue weighted by atomic mass is 16.4. The molecule has 1 saturated heterocycles. The monoisotopic (exact) mass is 471 g/mol. The van der Waals surface area contributed by atoms with Crippen molar-refractivity contribution in [3.05, 3.63) is 0 Å². The fourth-order valence-corrected chi connectivity index (χ4v) is 3.34. The topological polar surface area (TPSA) is 217 Å². The maximum Gasteiger partial charge on any atom is 0.326 e. The van der Waals surface area contributed by atoms with Gasteiger partial charge >= 0.3 is 11.9 Å². The van der Waals surface area contributed by atoms with Crippen LogP contribution in [0.3, 0.4) is 0 Å². The maximum absolute atomic E-state index is 12.8. The van der Waals surface area contributed by atoms with E-state index in [2.05, 4.69) is 21.3 Å². The molecule has 4 amide bonds. The van der Waals surface area contributed by atoms with Gasteiger partial charge in [0.1, 0.15) is 18.1 Å². The number of primary amides is 1. The van der Waals surface area contributed by atoms with Crippen molar-refractivity contribution in [2.75, 3.05) is 6.54 Å². The first-order chi connectivity index (χ1) is 15.5. The second-order valence-corrected chi connectivity index (χ2v) is 8.08. The fraction of sp³-hybridized carbons (Fsp3) is 0.700. The Hall–Kier alpha value is -3.22. The number of nitrogens with one attached hydrogen (secondary N) is 4. The minimum absolute atomic E-state index is 0.255. The maximum atomic E-state index is 12.8. The van der Waals surface area contributed by atoms with Crippen molar-refractivity contribution in [2.24, 2.45) is 11.7 Å². The molecule has 0 aromatic carbocycles.